The molecular weight excluding hydrogens is 194 g/mol. The van der Waals surface area contributed by atoms with Gasteiger partial charge in [0.1, 0.15) is 0 Å². The number of aliphatic imine (C=N–C) groups is 1. The van der Waals surface area contributed by atoms with Gasteiger partial charge < -0.3 is 0 Å². The molecule has 0 heterocycles. The second kappa shape index (κ2) is 6.53. The maximum absolute atomic E-state index is 4.44. The lowest BCUT2D eigenvalue weighted by atomic mass is 10.0. The van der Waals surface area contributed by atoms with E-state index in [-0.39, 0.29) is 5.54 Å². The molecule has 0 aliphatic carbocycles. The summed E-state index contributed by atoms with van der Waals surface area (Å²) in [4.78, 5) is 4.44. The second-order valence-electron chi connectivity index (χ2n) is 5.65. The van der Waals surface area contributed by atoms with Crippen molar-refractivity contribution in [3.05, 3.63) is 11.6 Å². The van der Waals surface area contributed by atoms with Crippen molar-refractivity contribution in [2.24, 2.45) is 16.8 Å². The Kier molecular flexibility index (Phi) is 6.11. The van der Waals surface area contributed by atoms with E-state index >= 15 is 0 Å². The molecule has 0 aliphatic rings. The Balaban J connectivity index is 4.76. The van der Waals surface area contributed by atoms with Crippen molar-refractivity contribution in [3.8, 4) is 11.8 Å². The fourth-order valence-corrected chi connectivity index (χ4v) is 0.947. The van der Waals surface area contributed by atoms with Crippen molar-refractivity contribution in [2.75, 3.05) is 0 Å². The van der Waals surface area contributed by atoms with Crippen molar-refractivity contribution in [1.82, 2.24) is 0 Å². The molecule has 0 aromatic carbocycles. The van der Waals surface area contributed by atoms with Crippen LogP contribution >= 0.6 is 0 Å². The Labute approximate surface area is 101 Å². The molecule has 0 aromatic rings. The first-order valence-electron chi connectivity index (χ1n) is 5.99. The SMILES string of the molecule is CC(C)C#C/C(=C/C=NC(C)(C)C)C(C)C. The van der Waals surface area contributed by atoms with Gasteiger partial charge in [-0.05, 0) is 32.8 Å². The molecule has 0 bridgehead atoms. The third-order valence-corrected chi connectivity index (χ3v) is 1.84. The summed E-state index contributed by atoms with van der Waals surface area (Å²) in [7, 11) is 0. The predicted octanol–water partition coefficient (Wildman–Crippen LogP) is 4.10. The van der Waals surface area contributed by atoms with Gasteiger partial charge in [-0.25, -0.2) is 0 Å². The van der Waals surface area contributed by atoms with Crippen LogP contribution in [0.4, 0.5) is 0 Å². The molecule has 0 spiro atoms. The average Bonchev–Trinajstić information content (AvgIpc) is 2.07. The summed E-state index contributed by atoms with van der Waals surface area (Å²) in [5, 5.41) is 0. The molecule has 0 radical (unpaired) electrons. The topological polar surface area (TPSA) is 12.4 Å². The van der Waals surface area contributed by atoms with Gasteiger partial charge in [0, 0.05) is 17.7 Å². The highest BCUT2D eigenvalue weighted by molar-refractivity contribution is 5.74. The molecule has 0 rings (SSSR count). The Hall–Kier alpha value is -1.03. The Morgan fingerprint density at radius 2 is 1.69 bits per heavy atom. The van der Waals surface area contributed by atoms with Crippen LogP contribution in [0.25, 0.3) is 0 Å². The molecular formula is C15H25N. The second-order valence-corrected chi connectivity index (χ2v) is 5.65. The minimum Gasteiger partial charge on any atom is -0.287 e. The first-order chi connectivity index (χ1) is 7.22. The largest absolute Gasteiger partial charge is 0.287 e. The van der Waals surface area contributed by atoms with Crippen LogP contribution in [0.3, 0.4) is 0 Å². The minimum atomic E-state index is -0.00986. The van der Waals surface area contributed by atoms with Crippen molar-refractivity contribution in [1.29, 1.82) is 0 Å². The maximum atomic E-state index is 4.44. The van der Waals surface area contributed by atoms with Gasteiger partial charge >= 0.3 is 0 Å². The van der Waals surface area contributed by atoms with Crippen LogP contribution in [0.1, 0.15) is 48.5 Å². The van der Waals surface area contributed by atoms with Crippen LogP contribution in [0.2, 0.25) is 0 Å². The molecule has 90 valence electrons. The van der Waals surface area contributed by atoms with E-state index in [0.717, 1.165) is 5.57 Å². The third kappa shape index (κ3) is 8.29. The van der Waals surface area contributed by atoms with Crippen LogP contribution in [0, 0.1) is 23.7 Å². The molecule has 0 atom stereocenters. The van der Waals surface area contributed by atoms with Crippen LogP contribution < -0.4 is 0 Å². The van der Waals surface area contributed by atoms with E-state index in [1.165, 1.54) is 0 Å². The molecule has 16 heavy (non-hydrogen) atoms. The Morgan fingerprint density at radius 3 is 2.06 bits per heavy atom. The third-order valence-electron chi connectivity index (χ3n) is 1.84. The Bertz CT molecular complexity index is 314. The summed E-state index contributed by atoms with van der Waals surface area (Å²) in [5.74, 6) is 7.29. The number of hydrogen-bond acceptors (Lipinski definition) is 1. The number of nitrogens with zero attached hydrogens (tertiary/aromatic N) is 1. The van der Waals surface area contributed by atoms with Gasteiger partial charge in [-0.2, -0.15) is 0 Å². The molecule has 0 N–H and O–H groups in total. The summed E-state index contributed by atoms with van der Waals surface area (Å²) in [6, 6.07) is 0. The first-order valence-corrected chi connectivity index (χ1v) is 5.99. The van der Waals surface area contributed by atoms with Crippen LogP contribution in [-0.4, -0.2) is 11.8 Å². The standard InChI is InChI=1S/C15H25N/c1-12(2)8-9-14(13(3)4)10-11-16-15(5,6)7/h10-13H,1-7H3/b14-10-,16-11?. The van der Waals surface area contributed by atoms with E-state index in [9.17, 15) is 0 Å². The predicted molar refractivity (Wildman–Crippen MR) is 73.8 cm³/mol. The lowest BCUT2D eigenvalue weighted by Crippen LogP contribution is -2.09. The molecule has 0 unspecified atom stereocenters. The summed E-state index contributed by atoms with van der Waals surface area (Å²) in [6.07, 6.45) is 3.91. The molecule has 0 amide bonds. The smallest absolute Gasteiger partial charge is 0.0524 e. The van der Waals surface area contributed by atoms with Crippen LogP contribution in [-0.2, 0) is 0 Å². The van der Waals surface area contributed by atoms with Gasteiger partial charge in [0.2, 0.25) is 0 Å². The first kappa shape index (κ1) is 15.0. The van der Waals surface area contributed by atoms with Gasteiger partial charge in [-0.3, -0.25) is 4.99 Å². The van der Waals surface area contributed by atoms with Crippen molar-refractivity contribution in [2.45, 2.75) is 54.0 Å². The van der Waals surface area contributed by atoms with Gasteiger partial charge in [-0.15, -0.1) is 0 Å². The lowest BCUT2D eigenvalue weighted by molar-refractivity contribution is 0.587. The Morgan fingerprint density at radius 1 is 1.12 bits per heavy atom. The number of allylic oxidation sites excluding steroid dienone is 2. The van der Waals surface area contributed by atoms with E-state index in [0.29, 0.717) is 11.8 Å². The summed E-state index contributed by atoms with van der Waals surface area (Å²) in [5.41, 5.74) is 1.14. The zero-order chi connectivity index (χ0) is 12.8. The quantitative estimate of drug-likeness (QED) is 0.490. The average molecular weight is 219 g/mol. The van der Waals surface area contributed by atoms with E-state index in [1.807, 2.05) is 12.3 Å². The zero-order valence-electron chi connectivity index (χ0n) is 11.8. The van der Waals surface area contributed by atoms with Gasteiger partial charge in [-0.1, -0.05) is 39.5 Å². The zero-order valence-corrected chi connectivity index (χ0v) is 11.8. The summed E-state index contributed by atoms with van der Waals surface area (Å²) < 4.78 is 0. The fraction of sp³-hybridized carbons (Fsp3) is 0.667. The minimum absolute atomic E-state index is 0.00986. The van der Waals surface area contributed by atoms with Crippen LogP contribution in [0.5, 0.6) is 0 Å². The summed E-state index contributed by atoms with van der Waals surface area (Å²) in [6.45, 7) is 14.8. The van der Waals surface area contributed by atoms with Crippen molar-refractivity contribution >= 4 is 6.21 Å². The molecule has 1 nitrogen and oxygen atoms in total. The highest BCUT2D eigenvalue weighted by Gasteiger charge is 2.04. The molecule has 1 heteroatoms. The summed E-state index contributed by atoms with van der Waals surface area (Å²) >= 11 is 0. The van der Waals surface area contributed by atoms with Crippen molar-refractivity contribution < 1.29 is 0 Å². The van der Waals surface area contributed by atoms with E-state index < -0.39 is 0 Å². The molecule has 0 fully saturated rings. The maximum Gasteiger partial charge on any atom is 0.0524 e. The van der Waals surface area contributed by atoms with Crippen LogP contribution in [0.15, 0.2) is 16.6 Å². The lowest BCUT2D eigenvalue weighted by Gasteiger charge is -2.10. The van der Waals surface area contributed by atoms with E-state index in [4.69, 9.17) is 0 Å². The highest BCUT2D eigenvalue weighted by Crippen LogP contribution is 2.09. The number of rotatable bonds is 2. The molecule has 0 aromatic heterocycles. The molecule has 0 saturated carbocycles. The molecule has 0 aliphatic heterocycles. The van der Waals surface area contributed by atoms with Gasteiger partial charge in [0.15, 0.2) is 0 Å². The van der Waals surface area contributed by atoms with Gasteiger partial charge in [0.25, 0.3) is 0 Å². The van der Waals surface area contributed by atoms with E-state index in [2.05, 4.69) is 65.3 Å². The number of hydrogen-bond donors (Lipinski definition) is 0. The van der Waals surface area contributed by atoms with Crippen molar-refractivity contribution in [3.63, 3.8) is 0 Å². The molecule has 0 saturated heterocycles. The highest BCUT2D eigenvalue weighted by atomic mass is 14.8. The van der Waals surface area contributed by atoms with Gasteiger partial charge in [0.05, 0.1) is 5.54 Å². The van der Waals surface area contributed by atoms with E-state index in [1.54, 1.807) is 0 Å². The normalized spacial score (nSPS) is 13.4. The monoisotopic (exact) mass is 219 g/mol. The fourth-order valence-electron chi connectivity index (χ4n) is 0.947.